The van der Waals surface area contributed by atoms with Gasteiger partial charge in [-0.25, -0.2) is 0 Å². The van der Waals surface area contributed by atoms with Gasteiger partial charge < -0.3 is 10.6 Å². The molecule has 0 saturated carbocycles. The Morgan fingerprint density at radius 1 is 0.900 bits per heavy atom. The maximum absolute atomic E-state index is 3.67. The summed E-state index contributed by atoms with van der Waals surface area (Å²) in [4.78, 5) is 0. The molecular formula is C18H26N2. The molecule has 1 unspecified atom stereocenters. The minimum atomic E-state index is 0.562. The molecule has 2 aliphatic heterocycles. The third-order valence-electron chi connectivity index (χ3n) is 4.46. The summed E-state index contributed by atoms with van der Waals surface area (Å²) in [5.41, 5.74) is 4.18. The molecule has 2 heteroatoms. The van der Waals surface area contributed by atoms with Gasteiger partial charge in [0.2, 0.25) is 0 Å². The highest BCUT2D eigenvalue weighted by Crippen LogP contribution is 2.23. The molecule has 3 rings (SSSR count). The van der Waals surface area contributed by atoms with Crippen molar-refractivity contribution in [3.05, 3.63) is 41.1 Å². The van der Waals surface area contributed by atoms with E-state index in [-0.39, 0.29) is 0 Å². The van der Waals surface area contributed by atoms with Crippen LogP contribution in [-0.2, 0) is 0 Å². The average molecular weight is 270 g/mol. The summed E-state index contributed by atoms with van der Waals surface area (Å²) in [6.07, 6.45) is 11.5. The van der Waals surface area contributed by atoms with Crippen LogP contribution >= 0.6 is 0 Å². The van der Waals surface area contributed by atoms with E-state index in [1.54, 1.807) is 0 Å². The lowest BCUT2D eigenvalue weighted by Crippen LogP contribution is -2.20. The number of hydrogen-bond acceptors (Lipinski definition) is 2. The first-order valence-electron chi connectivity index (χ1n) is 8.19. The molecule has 0 aliphatic carbocycles. The van der Waals surface area contributed by atoms with Gasteiger partial charge in [0.05, 0.1) is 0 Å². The van der Waals surface area contributed by atoms with E-state index in [0.29, 0.717) is 6.04 Å². The van der Waals surface area contributed by atoms with Crippen LogP contribution in [0.5, 0.6) is 0 Å². The molecule has 0 aromatic heterocycles. The van der Waals surface area contributed by atoms with Crippen molar-refractivity contribution < 1.29 is 0 Å². The fourth-order valence-corrected chi connectivity index (χ4v) is 3.24. The number of rotatable bonds is 2. The summed E-state index contributed by atoms with van der Waals surface area (Å²) in [7, 11) is 0. The fraction of sp³-hybridized carbons (Fsp3) is 0.556. The second kappa shape index (κ2) is 6.94. The lowest BCUT2D eigenvalue weighted by atomic mass is 10.00. The molecular weight excluding hydrogens is 244 g/mol. The topological polar surface area (TPSA) is 24.1 Å². The molecule has 2 N–H and O–H groups in total. The summed E-state index contributed by atoms with van der Waals surface area (Å²) in [5.74, 6) is 0. The summed E-state index contributed by atoms with van der Waals surface area (Å²) in [6.45, 7) is 2.30. The molecule has 2 saturated heterocycles. The van der Waals surface area contributed by atoms with Crippen molar-refractivity contribution in [3.8, 4) is 0 Å². The van der Waals surface area contributed by atoms with Crippen molar-refractivity contribution in [3.63, 3.8) is 0 Å². The van der Waals surface area contributed by atoms with Gasteiger partial charge >= 0.3 is 0 Å². The molecule has 1 atom stereocenters. The van der Waals surface area contributed by atoms with Crippen molar-refractivity contribution in [2.24, 2.45) is 0 Å². The number of nitrogens with one attached hydrogen (secondary N) is 2. The Morgan fingerprint density at radius 3 is 2.55 bits per heavy atom. The Labute approximate surface area is 122 Å². The molecule has 108 valence electrons. The zero-order valence-corrected chi connectivity index (χ0v) is 12.3. The monoisotopic (exact) mass is 270 g/mol. The number of allylic oxidation sites excluding steroid dienone is 1. The molecule has 0 bridgehead atoms. The van der Waals surface area contributed by atoms with E-state index in [1.165, 1.54) is 68.3 Å². The Hall–Kier alpha value is -1.28. The van der Waals surface area contributed by atoms with Crippen molar-refractivity contribution >= 4 is 6.08 Å². The largest absolute Gasteiger partial charge is 0.388 e. The SMILES string of the molecule is C(=C1/CCCCN1)/c1ccc(C2CCCCCN2)cc1. The number of hydrogen-bond donors (Lipinski definition) is 2. The molecule has 20 heavy (non-hydrogen) atoms. The standard InChI is InChI=1S/C18H26N2/c1-2-7-18(20-13-4-1)16-10-8-15(9-11-16)14-17-6-3-5-12-19-17/h8-11,14,18-20H,1-7,12-13H2/b17-14+. The minimum absolute atomic E-state index is 0.562. The quantitative estimate of drug-likeness (QED) is 0.848. The van der Waals surface area contributed by atoms with E-state index in [4.69, 9.17) is 0 Å². The van der Waals surface area contributed by atoms with Crippen LogP contribution in [-0.4, -0.2) is 13.1 Å². The van der Waals surface area contributed by atoms with E-state index in [2.05, 4.69) is 41.0 Å². The molecule has 0 spiro atoms. The summed E-state index contributed by atoms with van der Waals surface area (Å²) >= 11 is 0. The van der Waals surface area contributed by atoms with Crippen molar-refractivity contribution in [2.45, 2.75) is 51.0 Å². The van der Waals surface area contributed by atoms with Crippen molar-refractivity contribution in [2.75, 3.05) is 13.1 Å². The highest BCUT2D eigenvalue weighted by atomic mass is 14.9. The van der Waals surface area contributed by atoms with Crippen molar-refractivity contribution in [1.29, 1.82) is 0 Å². The lowest BCUT2D eigenvalue weighted by molar-refractivity contribution is 0.535. The molecule has 1 aromatic carbocycles. The zero-order valence-electron chi connectivity index (χ0n) is 12.3. The second-order valence-corrected chi connectivity index (χ2v) is 6.08. The summed E-state index contributed by atoms with van der Waals surface area (Å²) < 4.78 is 0. The van der Waals surface area contributed by atoms with Gasteiger partial charge in [-0.3, -0.25) is 0 Å². The van der Waals surface area contributed by atoms with Gasteiger partial charge in [-0.15, -0.1) is 0 Å². The van der Waals surface area contributed by atoms with Crippen LogP contribution in [0, 0.1) is 0 Å². The van der Waals surface area contributed by atoms with E-state index in [9.17, 15) is 0 Å². The fourth-order valence-electron chi connectivity index (χ4n) is 3.24. The third kappa shape index (κ3) is 3.63. The Bertz CT molecular complexity index is 431. The van der Waals surface area contributed by atoms with Crippen LogP contribution in [0.15, 0.2) is 30.0 Å². The molecule has 1 aromatic rings. The van der Waals surface area contributed by atoms with Crippen LogP contribution in [0.1, 0.15) is 62.1 Å². The average Bonchev–Trinajstić information content (AvgIpc) is 2.78. The van der Waals surface area contributed by atoms with Crippen molar-refractivity contribution in [1.82, 2.24) is 10.6 Å². The van der Waals surface area contributed by atoms with Gasteiger partial charge in [-0.2, -0.15) is 0 Å². The first kappa shape index (κ1) is 13.7. The molecule has 2 nitrogen and oxygen atoms in total. The normalized spacial score (nSPS) is 26.0. The predicted octanol–water partition coefficient (Wildman–Crippen LogP) is 4.01. The number of piperidine rings is 1. The second-order valence-electron chi connectivity index (χ2n) is 6.08. The van der Waals surface area contributed by atoms with E-state index < -0.39 is 0 Å². The maximum atomic E-state index is 3.67. The van der Waals surface area contributed by atoms with Gasteiger partial charge in [0.25, 0.3) is 0 Å². The highest BCUT2D eigenvalue weighted by molar-refractivity contribution is 5.53. The molecule has 2 heterocycles. The van der Waals surface area contributed by atoms with E-state index in [1.807, 2.05) is 0 Å². The molecule has 0 amide bonds. The Kier molecular flexibility index (Phi) is 4.75. The Morgan fingerprint density at radius 2 is 1.75 bits per heavy atom. The molecule has 2 fully saturated rings. The maximum Gasteiger partial charge on any atom is 0.0320 e. The molecule has 2 aliphatic rings. The number of benzene rings is 1. The third-order valence-corrected chi connectivity index (χ3v) is 4.46. The first-order valence-corrected chi connectivity index (χ1v) is 8.19. The van der Waals surface area contributed by atoms with Gasteiger partial charge in [0.15, 0.2) is 0 Å². The summed E-state index contributed by atoms with van der Waals surface area (Å²) in [5, 5.41) is 7.17. The first-order chi connectivity index (χ1) is 9.92. The van der Waals surface area contributed by atoms with Crippen LogP contribution in [0.3, 0.4) is 0 Å². The minimum Gasteiger partial charge on any atom is -0.388 e. The molecule has 0 radical (unpaired) electrons. The van der Waals surface area contributed by atoms with Gasteiger partial charge in [0.1, 0.15) is 0 Å². The van der Waals surface area contributed by atoms with E-state index >= 15 is 0 Å². The zero-order chi connectivity index (χ0) is 13.6. The summed E-state index contributed by atoms with van der Waals surface area (Å²) in [6, 6.07) is 9.71. The smallest absolute Gasteiger partial charge is 0.0320 e. The van der Waals surface area contributed by atoms with Gasteiger partial charge in [0, 0.05) is 18.3 Å². The van der Waals surface area contributed by atoms with Crippen LogP contribution in [0.25, 0.3) is 6.08 Å². The Balaban J connectivity index is 1.67. The van der Waals surface area contributed by atoms with E-state index in [0.717, 1.165) is 6.54 Å². The lowest BCUT2D eigenvalue weighted by Gasteiger charge is -2.18. The predicted molar refractivity (Wildman–Crippen MR) is 85.5 cm³/mol. The van der Waals surface area contributed by atoms with Gasteiger partial charge in [-0.05, 0) is 55.9 Å². The highest BCUT2D eigenvalue weighted by Gasteiger charge is 2.13. The van der Waals surface area contributed by atoms with Crippen LogP contribution in [0.2, 0.25) is 0 Å². The van der Waals surface area contributed by atoms with Crippen LogP contribution in [0.4, 0.5) is 0 Å². The van der Waals surface area contributed by atoms with Crippen LogP contribution < -0.4 is 10.6 Å². The van der Waals surface area contributed by atoms with Gasteiger partial charge in [-0.1, -0.05) is 37.1 Å².